The molecular formula is C24H30N2O5S. The summed E-state index contributed by atoms with van der Waals surface area (Å²) in [5.41, 5.74) is 0.886. The molecule has 2 aromatic carbocycles. The van der Waals surface area contributed by atoms with Crippen molar-refractivity contribution in [3.05, 3.63) is 54.1 Å². The van der Waals surface area contributed by atoms with Gasteiger partial charge in [0, 0.05) is 30.4 Å². The van der Waals surface area contributed by atoms with E-state index >= 15 is 0 Å². The minimum absolute atomic E-state index is 0.102. The molecule has 1 aliphatic carbocycles. The molecule has 2 fully saturated rings. The number of carbonyl (C=O) groups excluding carboxylic acids is 1. The molecule has 32 heavy (non-hydrogen) atoms. The third-order valence-electron chi connectivity index (χ3n) is 5.82. The lowest BCUT2D eigenvalue weighted by molar-refractivity contribution is -0.0440. The molecule has 0 radical (unpaired) electrons. The van der Waals surface area contributed by atoms with E-state index in [-0.39, 0.29) is 47.8 Å². The molecule has 4 rings (SSSR count). The van der Waals surface area contributed by atoms with Gasteiger partial charge >= 0.3 is 0 Å². The third kappa shape index (κ3) is 5.31. The van der Waals surface area contributed by atoms with Crippen molar-refractivity contribution in [3.63, 3.8) is 0 Å². The number of benzene rings is 2. The summed E-state index contributed by atoms with van der Waals surface area (Å²) in [5.74, 6) is 0.352. The van der Waals surface area contributed by atoms with Crippen molar-refractivity contribution in [1.29, 1.82) is 0 Å². The first-order valence-electron chi connectivity index (χ1n) is 11.1. The molecule has 2 aromatic rings. The number of anilines is 1. The van der Waals surface area contributed by atoms with Crippen LogP contribution in [-0.4, -0.2) is 50.0 Å². The highest BCUT2D eigenvalue weighted by Gasteiger charge is 2.32. The van der Waals surface area contributed by atoms with E-state index in [0.717, 1.165) is 18.6 Å². The molecule has 1 amide bonds. The van der Waals surface area contributed by atoms with Gasteiger partial charge in [-0.15, -0.1) is 0 Å². The molecular weight excluding hydrogens is 428 g/mol. The molecule has 0 spiro atoms. The Morgan fingerprint density at radius 3 is 2.44 bits per heavy atom. The Morgan fingerprint density at radius 2 is 1.72 bits per heavy atom. The lowest BCUT2D eigenvalue weighted by atomic mass is 10.2. The van der Waals surface area contributed by atoms with Crippen molar-refractivity contribution in [2.75, 3.05) is 18.4 Å². The first-order chi connectivity index (χ1) is 15.3. The Hall–Kier alpha value is -2.42. The number of morpholine rings is 1. The second-order valence-corrected chi connectivity index (χ2v) is 10.6. The second kappa shape index (κ2) is 9.60. The molecule has 1 saturated carbocycles. The van der Waals surface area contributed by atoms with Gasteiger partial charge in [0.05, 0.1) is 23.2 Å². The fraction of sp³-hybridized carbons (Fsp3) is 0.458. The van der Waals surface area contributed by atoms with Crippen molar-refractivity contribution < 1.29 is 22.7 Å². The van der Waals surface area contributed by atoms with Crippen LogP contribution in [0.1, 0.15) is 49.9 Å². The van der Waals surface area contributed by atoms with Gasteiger partial charge in [0.2, 0.25) is 10.0 Å². The number of nitrogens with one attached hydrogen (secondary N) is 1. The van der Waals surface area contributed by atoms with Crippen LogP contribution in [0.15, 0.2) is 53.4 Å². The Kier molecular flexibility index (Phi) is 6.83. The van der Waals surface area contributed by atoms with Gasteiger partial charge in [0.25, 0.3) is 5.91 Å². The van der Waals surface area contributed by atoms with E-state index in [1.165, 1.54) is 29.3 Å². The average molecular weight is 459 g/mol. The number of ether oxygens (including phenoxy) is 2. The van der Waals surface area contributed by atoms with Gasteiger partial charge < -0.3 is 14.8 Å². The molecule has 1 aliphatic heterocycles. The molecule has 8 heteroatoms. The molecule has 7 nitrogen and oxygen atoms in total. The Bertz CT molecular complexity index is 1060. The highest BCUT2D eigenvalue weighted by atomic mass is 32.2. The molecule has 2 atom stereocenters. The summed E-state index contributed by atoms with van der Waals surface area (Å²) in [5, 5.41) is 2.85. The van der Waals surface area contributed by atoms with Crippen LogP contribution in [-0.2, 0) is 14.8 Å². The maximum atomic E-state index is 13.1. The number of hydrogen-bond donors (Lipinski definition) is 1. The van der Waals surface area contributed by atoms with E-state index in [0.29, 0.717) is 5.69 Å². The van der Waals surface area contributed by atoms with E-state index < -0.39 is 10.0 Å². The first-order valence-corrected chi connectivity index (χ1v) is 12.6. The van der Waals surface area contributed by atoms with Crippen LogP contribution in [0.2, 0.25) is 0 Å². The fourth-order valence-electron chi connectivity index (χ4n) is 4.32. The van der Waals surface area contributed by atoms with E-state index in [9.17, 15) is 13.2 Å². The van der Waals surface area contributed by atoms with Gasteiger partial charge in [-0.2, -0.15) is 4.31 Å². The summed E-state index contributed by atoms with van der Waals surface area (Å²) in [4.78, 5) is 13.0. The van der Waals surface area contributed by atoms with Gasteiger partial charge in [-0.05, 0) is 69.9 Å². The predicted octanol–water partition coefficient (Wildman–Crippen LogP) is 4.06. The van der Waals surface area contributed by atoms with Gasteiger partial charge in [0.1, 0.15) is 5.75 Å². The zero-order valence-electron chi connectivity index (χ0n) is 18.5. The van der Waals surface area contributed by atoms with Crippen LogP contribution >= 0.6 is 0 Å². The van der Waals surface area contributed by atoms with Crippen molar-refractivity contribution >= 4 is 21.6 Å². The minimum atomic E-state index is -3.72. The van der Waals surface area contributed by atoms with E-state index in [2.05, 4.69) is 5.32 Å². The average Bonchev–Trinajstić information content (AvgIpc) is 3.26. The smallest absolute Gasteiger partial charge is 0.255 e. The normalized spacial score (nSPS) is 22.6. The van der Waals surface area contributed by atoms with Crippen molar-refractivity contribution in [2.45, 2.75) is 62.7 Å². The van der Waals surface area contributed by atoms with Gasteiger partial charge in [-0.1, -0.05) is 12.1 Å². The lowest BCUT2D eigenvalue weighted by Crippen LogP contribution is -2.48. The summed E-state index contributed by atoms with van der Waals surface area (Å²) >= 11 is 0. The van der Waals surface area contributed by atoms with Gasteiger partial charge in [-0.25, -0.2) is 8.42 Å². The predicted molar refractivity (Wildman–Crippen MR) is 122 cm³/mol. The van der Waals surface area contributed by atoms with Crippen LogP contribution in [0, 0.1) is 0 Å². The van der Waals surface area contributed by atoms with E-state index in [4.69, 9.17) is 9.47 Å². The maximum Gasteiger partial charge on any atom is 0.255 e. The number of nitrogens with zero attached hydrogens (tertiary/aromatic N) is 1. The summed E-state index contributed by atoms with van der Waals surface area (Å²) in [7, 11) is -3.72. The molecule has 1 N–H and O–H groups in total. The summed E-state index contributed by atoms with van der Waals surface area (Å²) < 4.78 is 39.4. The number of hydrogen-bond acceptors (Lipinski definition) is 5. The maximum absolute atomic E-state index is 13.1. The van der Waals surface area contributed by atoms with Crippen molar-refractivity contribution in [3.8, 4) is 5.75 Å². The third-order valence-corrected chi connectivity index (χ3v) is 7.64. The largest absolute Gasteiger partial charge is 0.490 e. The van der Waals surface area contributed by atoms with Crippen LogP contribution in [0.3, 0.4) is 0 Å². The van der Waals surface area contributed by atoms with Crippen molar-refractivity contribution in [2.24, 2.45) is 0 Å². The lowest BCUT2D eigenvalue weighted by Gasteiger charge is -2.34. The molecule has 1 saturated heterocycles. The molecule has 0 unspecified atom stereocenters. The summed E-state index contributed by atoms with van der Waals surface area (Å²) in [6, 6.07) is 13.4. The molecule has 0 aromatic heterocycles. The van der Waals surface area contributed by atoms with E-state index in [1.54, 1.807) is 24.3 Å². The Morgan fingerprint density at radius 1 is 1.03 bits per heavy atom. The number of carbonyl (C=O) groups is 1. The molecule has 0 bridgehead atoms. The van der Waals surface area contributed by atoms with Crippen LogP contribution in [0.25, 0.3) is 0 Å². The summed E-state index contributed by atoms with van der Waals surface area (Å²) in [6.45, 7) is 4.28. The van der Waals surface area contributed by atoms with Crippen LogP contribution in [0.4, 0.5) is 5.69 Å². The SMILES string of the molecule is C[C@@H]1CN(S(=O)(=O)c2cccc(C(=O)Nc3cccc(OC4CCCC4)c3)c2)C[C@@H](C)O1. The topological polar surface area (TPSA) is 84.9 Å². The Balaban J connectivity index is 1.48. The Labute approximate surface area is 189 Å². The number of amides is 1. The summed E-state index contributed by atoms with van der Waals surface area (Å²) in [6.07, 6.45) is 4.34. The van der Waals surface area contributed by atoms with E-state index in [1.807, 2.05) is 26.0 Å². The molecule has 172 valence electrons. The van der Waals surface area contributed by atoms with Crippen LogP contribution < -0.4 is 10.1 Å². The molecule has 2 aliphatic rings. The first kappa shape index (κ1) is 22.8. The highest BCUT2D eigenvalue weighted by molar-refractivity contribution is 7.89. The minimum Gasteiger partial charge on any atom is -0.490 e. The number of rotatable bonds is 6. The fourth-order valence-corrected chi connectivity index (χ4v) is 5.96. The highest BCUT2D eigenvalue weighted by Crippen LogP contribution is 2.26. The zero-order valence-corrected chi connectivity index (χ0v) is 19.3. The quantitative estimate of drug-likeness (QED) is 0.706. The second-order valence-electron chi connectivity index (χ2n) is 8.61. The van der Waals surface area contributed by atoms with Gasteiger partial charge in [-0.3, -0.25) is 4.79 Å². The molecule has 1 heterocycles. The van der Waals surface area contributed by atoms with Crippen molar-refractivity contribution in [1.82, 2.24) is 4.31 Å². The van der Waals surface area contributed by atoms with Crippen LogP contribution in [0.5, 0.6) is 5.75 Å². The van der Waals surface area contributed by atoms with Gasteiger partial charge in [0.15, 0.2) is 0 Å². The number of sulfonamides is 1. The standard InChI is InChI=1S/C24H30N2O5S/c1-17-15-26(16-18(2)30-17)32(28,29)23-12-5-7-19(13-23)24(27)25-20-8-6-11-22(14-20)31-21-9-3-4-10-21/h5-8,11-14,17-18,21H,3-4,9-10,15-16H2,1-2H3,(H,25,27)/t17-,18-/m1/s1. The monoisotopic (exact) mass is 458 g/mol. The zero-order chi connectivity index (χ0) is 22.7.